The largest absolute Gasteiger partial charge is 0.0622 e. The van der Waals surface area contributed by atoms with Crippen molar-refractivity contribution < 1.29 is 0 Å². The van der Waals surface area contributed by atoms with Crippen molar-refractivity contribution in [1.82, 2.24) is 0 Å². The quantitative estimate of drug-likeness (QED) is 0.406. The Labute approximate surface area is 33.2 Å². The van der Waals surface area contributed by atoms with E-state index in [4.69, 9.17) is 0 Å². The van der Waals surface area contributed by atoms with Crippen molar-refractivity contribution >= 4 is 0 Å². The lowest BCUT2D eigenvalue weighted by molar-refractivity contribution is 0.834. The SMILES string of the molecule is CC1C[C@@H]1C. The molecular weight excluding hydrogens is 60.1 g/mol. The first-order valence-electron chi connectivity index (χ1n) is 2.30. The maximum Gasteiger partial charge on any atom is -0.0414 e. The molecule has 0 N–H and O–H groups in total. The summed E-state index contributed by atoms with van der Waals surface area (Å²) in [6.07, 6.45) is 1.47. The average molecular weight is 70.1 g/mol. The molecule has 0 heteroatoms. The van der Waals surface area contributed by atoms with E-state index in [0.717, 1.165) is 11.8 Å². The van der Waals surface area contributed by atoms with Crippen molar-refractivity contribution in [1.29, 1.82) is 0 Å². The predicted octanol–water partition coefficient (Wildman–Crippen LogP) is 1.66. The summed E-state index contributed by atoms with van der Waals surface area (Å²) in [6, 6.07) is 0. The van der Waals surface area contributed by atoms with Crippen molar-refractivity contribution in [3.8, 4) is 0 Å². The smallest absolute Gasteiger partial charge is 0.0414 e. The second kappa shape index (κ2) is 0.735. The Kier molecular flexibility index (Phi) is 0.470. The Morgan fingerprint density at radius 2 is 1.40 bits per heavy atom. The molecule has 0 saturated heterocycles. The van der Waals surface area contributed by atoms with Gasteiger partial charge >= 0.3 is 0 Å². The van der Waals surface area contributed by atoms with E-state index in [1.807, 2.05) is 0 Å². The van der Waals surface area contributed by atoms with E-state index in [2.05, 4.69) is 13.8 Å². The molecule has 5 heavy (non-hydrogen) atoms. The lowest BCUT2D eigenvalue weighted by atomic mass is 10.4. The average Bonchev–Trinajstić information content (AvgIpc) is 1.79. The highest BCUT2D eigenvalue weighted by atomic mass is 14.3. The molecule has 2 atom stereocenters. The fourth-order valence-electron chi connectivity index (χ4n) is 0.508. The van der Waals surface area contributed by atoms with E-state index in [9.17, 15) is 0 Å². The van der Waals surface area contributed by atoms with Gasteiger partial charge in [0.25, 0.3) is 0 Å². The lowest BCUT2D eigenvalue weighted by Crippen LogP contribution is -1.58. The van der Waals surface area contributed by atoms with Gasteiger partial charge in [-0.2, -0.15) is 0 Å². The van der Waals surface area contributed by atoms with Crippen LogP contribution in [0, 0.1) is 11.8 Å². The van der Waals surface area contributed by atoms with Gasteiger partial charge in [-0.1, -0.05) is 13.8 Å². The first-order valence-corrected chi connectivity index (χ1v) is 2.30. The van der Waals surface area contributed by atoms with E-state index >= 15 is 0 Å². The molecule has 1 saturated carbocycles. The highest BCUT2D eigenvalue weighted by Gasteiger charge is 2.26. The molecule has 0 nitrogen and oxygen atoms in total. The van der Waals surface area contributed by atoms with Gasteiger partial charge in [0.1, 0.15) is 0 Å². The molecule has 0 aromatic carbocycles. The van der Waals surface area contributed by atoms with E-state index < -0.39 is 0 Å². The van der Waals surface area contributed by atoms with Gasteiger partial charge in [0.2, 0.25) is 0 Å². The van der Waals surface area contributed by atoms with Gasteiger partial charge in [-0.15, -0.1) is 0 Å². The molecule has 0 bridgehead atoms. The minimum absolute atomic E-state index is 1.05. The van der Waals surface area contributed by atoms with Crippen molar-refractivity contribution in [3.05, 3.63) is 0 Å². The first-order chi connectivity index (χ1) is 2.30. The lowest BCUT2D eigenvalue weighted by Gasteiger charge is -1.66. The van der Waals surface area contributed by atoms with Crippen LogP contribution in [0.25, 0.3) is 0 Å². The number of hydrogen-bond donors (Lipinski definition) is 0. The van der Waals surface area contributed by atoms with Crippen LogP contribution in [0.5, 0.6) is 0 Å². The van der Waals surface area contributed by atoms with Crippen molar-refractivity contribution in [2.45, 2.75) is 20.3 Å². The second-order valence-electron chi connectivity index (χ2n) is 2.19. The molecule has 1 aliphatic carbocycles. The van der Waals surface area contributed by atoms with E-state index in [1.165, 1.54) is 6.42 Å². The van der Waals surface area contributed by atoms with Crippen LogP contribution in [0.3, 0.4) is 0 Å². The fraction of sp³-hybridized carbons (Fsp3) is 1.00. The van der Waals surface area contributed by atoms with Crippen molar-refractivity contribution in [3.63, 3.8) is 0 Å². The van der Waals surface area contributed by atoms with Gasteiger partial charge < -0.3 is 0 Å². The molecule has 0 heterocycles. The van der Waals surface area contributed by atoms with Crippen molar-refractivity contribution in [2.75, 3.05) is 0 Å². The molecule has 0 spiro atoms. The summed E-state index contributed by atoms with van der Waals surface area (Å²) in [7, 11) is 0. The summed E-state index contributed by atoms with van der Waals surface area (Å²) >= 11 is 0. The third-order valence-electron chi connectivity index (χ3n) is 1.51. The van der Waals surface area contributed by atoms with Gasteiger partial charge in [-0.05, 0) is 18.3 Å². The summed E-state index contributed by atoms with van der Waals surface area (Å²) in [5.41, 5.74) is 0. The molecule has 0 aromatic heterocycles. The molecule has 1 fully saturated rings. The molecule has 1 aliphatic rings. The van der Waals surface area contributed by atoms with Gasteiger partial charge in [0.15, 0.2) is 0 Å². The Balaban J connectivity index is 2.20. The monoisotopic (exact) mass is 70.1 g/mol. The molecular formula is C5H10. The van der Waals surface area contributed by atoms with Crippen LogP contribution in [-0.4, -0.2) is 0 Å². The molecule has 0 aliphatic heterocycles. The Bertz CT molecular complexity index is 33.3. The minimum atomic E-state index is 1.05. The zero-order valence-electron chi connectivity index (χ0n) is 3.86. The topological polar surface area (TPSA) is 0 Å². The minimum Gasteiger partial charge on any atom is -0.0622 e. The number of hydrogen-bond acceptors (Lipinski definition) is 0. The molecule has 0 radical (unpaired) electrons. The van der Waals surface area contributed by atoms with Crippen LogP contribution in [0.15, 0.2) is 0 Å². The van der Waals surface area contributed by atoms with Gasteiger partial charge in [-0.25, -0.2) is 0 Å². The summed E-state index contributed by atoms with van der Waals surface area (Å²) < 4.78 is 0. The summed E-state index contributed by atoms with van der Waals surface area (Å²) in [5.74, 6) is 2.10. The molecule has 0 aromatic rings. The Hall–Kier alpha value is 0. The van der Waals surface area contributed by atoms with Crippen LogP contribution in [-0.2, 0) is 0 Å². The van der Waals surface area contributed by atoms with E-state index in [-0.39, 0.29) is 0 Å². The van der Waals surface area contributed by atoms with E-state index in [1.54, 1.807) is 0 Å². The highest BCUT2D eigenvalue weighted by Crippen LogP contribution is 2.36. The third kappa shape index (κ3) is 0.444. The van der Waals surface area contributed by atoms with Gasteiger partial charge in [0, 0.05) is 0 Å². The van der Waals surface area contributed by atoms with E-state index in [0.29, 0.717) is 0 Å². The second-order valence-corrected chi connectivity index (χ2v) is 2.19. The Morgan fingerprint density at radius 1 is 1.20 bits per heavy atom. The zero-order chi connectivity index (χ0) is 3.86. The summed E-state index contributed by atoms with van der Waals surface area (Å²) in [4.78, 5) is 0. The normalized spacial score (nSPS) is 49.2. The summed E-state index contributed by atoms with van der Waals surface area (Å²) in [5, 5.41) is 0. The third-order valence-corrected chi connectivity index (χ3v) is 1.51. The molecule has 30 valence electrons. The van der Waals surface area contributed by atoms with Crippen LogP contribution in [0.2, 0.25) is 0 Å². The van der Waals surface area contributed by atoms with Crippen LogP contribution >= 0.6 is 0 Å². The fourth-order valence-corrected chi connectivity index (χ4v) is 0.508. The van der Waals surface area contributed by atoms with Crippen LogP contribution < -0.4 is 0 Å². The zero-order valence-corrected chi connectivity index (χ0v) is 3.86. The van der Waals surface area contributed by atoms with Crippen LogP contribution in [0.1, 0.15) is 20.3 Å². The highest BCUT2D eigenvalue weighted by molar-refractivity contribution is 4.76. The molecule has 1 unspecified atom stereocenters. The maximum absolute atomic E-state index is 2.30. The standard InChI is InChI=1S/C5H10/c1-4-3-5(4)2/h4-5H,3H2,1-2H3/t4-,5?/m0/s1. The molecule has 1 rings (SSSR count). The molecule has 0 amide bonds. The maximum atomic E-state index is 2.30. The first kappa shape index (κ1) is 3.20. The number of rotatable bonds is 0. The summed E-state index contributed by atoms with van der Waals surface area (Å²) in [6.45, 7) is 4.59. The van der Waals surface area contributed by atoms with Gasteiger partial charge in [0.05, 0.1) is 0 Å². The predicted molar refractivity (Wildman–Crippen MR) is 22.9 cm³/mol. The van der Waals surface area contributed by atoms with Gasteiger partial charge in [-0.3, -0.25) is 0 Å². The van der Waals surface area contributed by atoms with Crippen LogP contribution in [0.4, 0.5) is 0 Å². The Morgan fingerprint density at radius 3 is 1.40 bits per heavy atom. The van der Waals surface area contributed by atoms with Crippen molar-refractivity contribution in [2.24, 2.45) is 11.8 Å².